The third-order valence-electron chi connectivity index (χ3n) is 9.32. The topological polar surface area (TPSA) is 66.5 Å². The molecule has 1 unspecified atom stereocenters. The molecule has 236 valence electrons. The molecule has 0 N–H and O–H groups in total. The molecule has 43 heavy (non-hydrogen) atoms. The second-order valence-corrected chi connectivity index (χ2v) is 24.5. The molecule has 2 aromatic carbocycles. The van der Waals surface area contributed by atoms with E-state index in [1.807, 2.05) is 49.3 Å². The van der Waals surface area contributed by atoms with Crippen molar-refractivity contribution < 1.29 is 27.9 Å². The van der Waals surface area contributed by atoms with Crippen molar-refractivity contribution in [1.29, 1.82) is 0 Å². The molecule has 4 rings (SSSR count). The summed E-state index contributed by atoms with van der Waals surface area (Å²) in [6.45, 7) is 23.7. The number of likely N-dealkylation sites (N-methyl/N-ethyl adjacent to an activating group) is 1. The zero-order valence-electron chi connectivity index (χ0n) is 28.3. The Bertz CT molecular complexity index is 1380. The number of fused-ring (bicyclic) bond motifs is 4. The van der Waals surface area contributed by atoms with E-state index < -0.39 is 22.7 Å². The summed E-state index contributed by atoms with van der Waals surface area (Å²) in [5, 5.41) is 0.137. The van der Waals surface area contributed by atoms with Crippen molar-refractivity contribution in [1.82, 2.24) is 4.90 Å². The molecule has 1 atom stereocenters. The summed E-state index contributed by atoms with van der Waals surface area (Å²) in [6.07, 6.45) is -0.423. The van der Waals surface area contributed by atoms with Crippen LogP contribution in [-0.2, 0) is 9.53 Å². The maximum absolute atomic E-state index is 13.1. The van der Waals surface area contributed by atoms with Crippen LogP contribution in [0.1, 0.15) is 59.1 Å². The Labute approximate surface area is 260 Å². The number of ether oxygens (including phenoxy) is 3. The summed E-state index contributed by atoms with van der Waals surface area (Å²) >= 11 is 0. The molecule has 0 saturated heterocycles. The normalized spacial score (nSPS) is 16.9. The largest absolute Gasteiger partial charge is 0.543 e. The Morgan fingerprint density at radius 1 is 0.860 bits per heavy atom. The molecule has 0 aromatic heterocycles. The maximum atomic E-state index is 13.1. The molecular formula is C34H51NO6Si2. The Balaban J connectivity index is 1.72. The lowest BCUT2D eigenvalue weighted by molar-refractivity contribution is -0.145. The van der Waals surface area contributed by atoms with Gasteiger partial charge in [-0.2, -0.15) is 0 Å². The van der Waals surface area contributed by atoms with Crippen LogP contribution >= 0.6 is 0 Å². The van der Waals surface area contributed by atoms with Gasteiger partial charge in [0, 0.05) is 41.0 Å². The molecule has 0 fully saturated rings. The predicted molar refractivity (Wildman–Crippen MR) is 179 cm³/mol. The molecule has 2 aliphatic rings. The van der Waals surface area contributed by atoms with Crippen molar-refractivity contribution in [2.24, 2.45) is 0 Å². The highest BCUT2D eigenvalue weighted by Gasteiger charge is 2.41. The number of rotatable bonds is 9. The number of nitrogens with zero attached hydrogens (tertiary/aromatic N) is 1. The minimum Gasteiger partial charge on any atom is -0.543 e. The summed E-state index contributed by atoms with van der Waals surface area (Å²) in [6, 6.07) is 12.1. The molecule has 2 heterocycles. The first-order valence-corrected chi connectivity index (χ1v) is 21.1. The number of carbonyl (C=O) groups is 1. The molecule has 7 nitrogen and oxygen atoms in total. The SMILES string of the molecule is CN(C)CCOC(=O)CC1Oc2cc(O[Si](C)(C)C(C)(C)C)ccc2C2=C1c1ccc(O[Si](C)(C)C(C)(C)C)cc1OC2. The quantitative estimate of drug-likeness (QED) is 0.207. The molecule has 0 spiro atoms. The lowest BCUT2D eigenvalue weighted by Crippen LogP contribution is -2.43. The molecule has 0 radical (unpaired) electrons. The van der Waals surface area contributed by atoms with Crippen molar-refractivity contribution in [3.05, 3.63) is 47.5 Å². The van der Waals surface area contributed by atoms with Crippen molar-refractivity contribution >= 4 is 33.8 Å². The average molecular weight is 626 g/mol. The molecule has 9 heteroatoms. The summed E-state index contributed by atoms with van der Waals surface area (Å²) in [4.78, 5) is 15.0. The first-order chi connectivity index (χ1) is 19.8. The van der Waals surface area contributed by atoms with E-state index in [2.05, 4.69) is 73.8 Å². The Kier molecular flexibility index (Phi) is 9.23. The van der Waals surface area contributed by atoms with E-state index in [1.54, 1.807) is 0 Å². The highest BCUT2D eigenvalue weighted by atomic mass is 28.4. The Morgan fingerprint density at radius 3 is 1.93 bits per heavy atom. The third kappa shape index (κ3) is 7.32. The van der Waals surface area contributed by atoms with Crippen LogP contribution in [-0.4, -0.2) is 67.5 Å². The molecule has 0 bridgehead atoms. The van der Waals surface area contributed by atoms with Gasteiger partial charge in [0.25, 0.3) is 0 Å². The van der Waals surface area contributed by atoms with E-state index in [9.17, 15) is 4.79 Å². The first kappa shape index (κ1) is 33.1. The lowest BCUT2D eigenvalue weighted by Gasteiger charge is -2.38. The standard InChI is InChI=1S/C34H51NO6Si2/c1-33(2,3)42(9,10)40-23-14-16-26-28(19-23)38-22-27-25-15-13-24(41-43(11,12)34(4,5)6)20-29(25)39-30(32(26)27)21-31(36)37-18-17-35(7)8/h13-16,19-20,30H,17-18,21-22H2,1-12H3. The molecular weight excluding hydrogens is 575 g/mol. The van der Waals surface area contributed by atoms with E-state index >= 15 is 0 Å². The van der Waals surface area contributed by atoms with Crippen LogP contribution in [0.5, 0.6) is 23.0 Å². The van der Waals surface area contributed by atoms with Gasteiger partial charge in [0.1, 0.15) is 42.3 Å². The minimum absolute atomic E-state index is 0.0619. The molecule has 2 aromatic rings. The number of carbonyl (C=O) groups excluding carboxylic acids is 1. The van der Waals surface area contributed by atoms with Gasteiger partial charge in [-0.1, -0.05) is 41.5 Å². The maximum Gasteiger partial charge on any atom is 0.309 e. The van der Waals surface area contributed by atoms with Crippen LogP contribution in [0.15, 0.2) is 36.4 Å². The van der Waals surface area contributed by atoms with Crippen molar-refractivity contribution in [3.63, 3.8) is 0 Å². The summed E-state index contributed by atoms with van der Waals surface area (Å²) in [5.41, 5.74) is 3.87. The van der Waals surface area contributed by atoms with Crippen LogP contribution < -0.4 is 18.3 Å². The minimum atomic E-state index is -2.05. The average Bonchev–Trinajstić information content (AvgIpc) is 2.86. The highest BCUT2D eigenvalue weighted by Crippen LogP contribution is 2.49. The zero-order chi connectivity index (χ0) is 32.0. The van der Waals surface area contributed by atoms with Gasteiger partial charge >= 0.3 is 5.97 Å². The number of hydrogen-bond donors (Lipinski definition) is 0. The van der Waals surface area contributed by atoms with E-state index in [0.717, 1.165) is 39.5 Å². The lowest BCUT2D eigenvalue weighted by atomic mass is 9.85. The summed E-state index contributed by atoms with van der Waals surface area (Å²) < 4.78 is 31.8. The van der Waals surface area contributed by atoms with Crippen molar-refractivity contribution in [2.75, 3.05) is 33.9 Å². The van der Waals surface area contributed by atoms with Crippen LogP contribution in [0.3, 0.4) is 0 Å². The van der Waals surface area contributed by atoms with Gasteiger partial charge in [-0.05, 0) is 74.6 Å². The second-order valence-electron chi connectivity index (χ2n) is 15.1. The van der Waals surface area contributed by atoms with Gasteiger partial charge in [-0.25, -0.2) is 0 Å². The highest BCUT2D eigenvalue weighted by molar-refractivity contribution is 6.75. The van der Waals surface area contributed by atoms with Crippen LogP contribution in [0.2, 0.25) is 36.3 Å². The van der Waals surface area contributed by atoms with Crippen molar-refractivity contribution in [2.45, 2.75) is 90.3 Å². The predicted octanol–water partition coefficient (Wildman–Crippen LogP) is 8.01. The van der Waals surface area contributed by atoms with Crippen LogP contribution in [0, 0.1) is 0 Å². The zero-order valence-corrected chi connectivity index (χ0v) is 30.3. The Hall–Kier alpha value is -2.76. The van der Waals surface area contributed by atoms with Gasteiger partial charge in [-0.3, -0.25) is 4.79 Å². The van der Waals surface area contributed by atoms with Gasteiger partial charge in [0.2, 0.25) is 16.6 Å². The number of hydrogen-bond acceptors (Lipinski definition) is 7. The van der Waals surface area contributed by atoms with Gasteiger partial charge in [-0.15, -0.1) is 0 Å². The fourth-order valence-corrected chi connectivity index (χ4v) is 6.65. The van der Waals surface area contributed by atoms with E-state index in [4.69, 9.17) is 23.1 Å². The van der Waals surface area contributed by atoms with Gasteiger partial charge < -0.3 is 28.0 Å². The molecule has 0 amide bonds. The van der Waals surface area contributed by atoms with Crippen LogP contribution in [0.4, 0.5) is 0 Å². The fourth-order valence-electron chi connectivity index (χ4n) is 4.61. The molecule has 2 aliphatic heterocycles. The summed E-state index contributed by atoms with van der Waals surface area (Å²) in [7, 11) is -0.172. The van der Waals surface area contributed by atoms with Gasteiger partial charge in [0.15, 0.2) is 0 Å². The first-order valence-electron chi connectivity index (χ1n) is 15.3. The van der Waals surface area contributed by atoms with E-state index in [-0.39, 0.29) is 22.5 Å². The molecule has 0 saturated carbocycles. The van der Waals surface area contributed by atoms with Gasteiger partial charge in [0.05, 0.1) is 6.42 Å². The van der Waals surface area contributed by atoms with E-state index in [1.165, 1.54) is 0 Å². The summed E-state index contributed by atoms with van der Waals surface area (Å²) in [5.74, 6) is 2.74. The monoisotopic (exact) mass is 625 g/mol. The number of benzene rings is 2. The Morgan fingerprint density at radius 2 is 1.40 bits per heavy atom. The smallest absolute Gasteiger partial charge is 0.309 e. The number of esters is 1. The van der Waals surface area contributed by atoms with E-state index in [0.29, 0.717) is 25.5 Å². The van der Waals surface area contributed by atoms with Crippen LogP contribution in [0.25, 0.3) is 11.1 Å². The molecule has 0 aliphatic carbocycles. The fraction of sp³-hybridized carbons (Fsp3) is 0.559. The third-order valence-corrected chi connectivity index (χ3v) is 18.0. The second kappa shape index (κ2) is 12.0. The van der Waals surface area contributed by atoms with Crippen molar-refractivity contribution in [3.8, 4) is 23.0 Å².